The number of nitrogens with zero attached hydrogens (tertiary/aromatic N) is 5. The van der Waals surface area contributed by atoms with Crippen LogP contribution in [0, 0.1) is 5.82 Å². The third-order valence-corrected chi connectivity index (χ3v) is 4.76. The lowest BCUT2D eigenvalue weighted by molar-refractivity contribution is 0.628. The topological polar surface area (TPSA) is 56.5 Å². The lowest BCUT2D eigenvalue weighted by atomic mass is 10.1. The SMILES string of the molecule is Fc1ccc(-c2nnc(SCCn3cncn3)c3ccccc23)cc1. The molecule has 2 aromatic carbocycles. The number of aryl methyl sites for hydroxylation is 1. The Hall–Kier alpha value is -2.80. The summed E-state index contributed by atoms with van der Waals surface area (Å²) in [5.74, 6) is 0.555. The molecule has 0 aliphatic carbocycles. The summed E-state index contributed by atoms with van der Waals surface area (Å²) in [6.45, 7) is 0.750. The fraction of sp³-hybridized carbons (Fsp3) is 0.111. The summed E-state index contributed by atoms with van der Waals surface area (Å²) in [7, 11) is 0. The highest BCUT2D eigenvalue weighted by atomic mass is 32.2. The Balaban J connectivity index is 1.65. The monoisotopic (exact) mass is 351 g/mol. The van der Waals surface area contributed by atoms with Gasteiger partial charge in [-0.2, -0.15) is 5.10 Å². The molecule has 124 valence electrons. The van der Waals surface area contributed by atoms with Gasteiger partial charge in [0, 0.05) is 22.1 Å². The summed E-state index contributed by atoms with van der Waals surface area (Å²) in [5, 5.41) is 15.8. The zero-order valence-electron chi connectivity index (χ0n) is 13.2. The van der Waals surface area contributed by atoms with E-state index in [1.54, 1.807) is 34.9 Å². The molecule has 0 saturated carbocycles. The van der Waals surface area contributed by atoms with Crippen LogP contribution in [-0.4, -0.2) is 30.7 Å². The number of halogens is 1. The fourth-order valence-corrected chi connectivity index (χ4v) is 3.49. The van der Waals surface area contributed by atoms with Crippen molar-refractivity contribution in [1.82, 2.24) is 25.0 Å². The largest absolute Gasteiger partial charge is 0.252 e. The minimum Gasteiger partial charge on any atom is -0.252 e. The van der Waals surface area contributed by atoms with Gasteiger partial charge >= 0.3 is 0 Å². The molecular formula is C18H14FN5S. The van der Waals surface area contributed by atoms with E-state index in [4.69, 9.17) is 0 Å². The van der Waals surface area contributed by atoms with E-state index in [9.17, 15) is 4.39 Å². The Morgan fingerprint density at radius 1 is 0.960 bits per heavy atom. The Bertz CT molecular complexity index is 986. The van der Waals surface area contributed by atoms with Gasteiger partial charge in [-0.05, 0) is 24.3 Å². The minimum absolute atomic E-state index is 0.263. The van der Waals surface area contributed by atoms with Crippen molar-refractivity contribution in [3.63, 3.8) is 0 Å². The van der Waals surface area contributed by atoms with Crippen molar-refractivity contribution in [2.75, 3.05) is 5.75 Å². The molecule has 0 fully saturated rings. The minimum atomic E-state index is -0.263. The fourth-order valence-electron chi connectivity index (χ4n) is 2.59. The molecule has 0 bridgehead atoms. The van der Waals surface area contributed by atoms with Gasteiger partial charge in [-0.1, -0.05) is 24.3 Å². The van der Waals surface area contributed by atoms with E-state index in [1.807, 2.05) is 24.3 Å². The lowest BCUT2D eigenvalue weighted by Gasteiger charge is -2.09. The summed E-state index contributed by atoms with van der Waals surface area (Å²) >= 11 is 1.63. The summed E-state index contributed by atoms with van der Waals surface area (Å²) in [6, 6.07) is 14.3. The van der Waals surface area contributed by atoms with Crippen LogP contribution in [0.15, 0.2) is 66.2 Å². The molecule has 0 aliphatic heterocycles. The van der Waals surface area contributed by atoms with Gasteiger partial charge in [0.1, 0.15) is 29.2 Å². The molecule has 2 heterocycles. The van der Waals surface area contributed by atoms with Crippen LogP contribution in [0.2, 0.25) is 0 Å². The molecule has 0 spiro atoms. The predicted octanol–water partition coefficient (Wildman–Crippen LogP) is 3.82. The van der Waals surface area contributed by atoms with Crippen molar-refractivity contribution in [1.29, 1.82) is 0 Å². The van der Waals surface area contributed by atoms with Crippen LogP contribution in [-0.2, 0) is 6.54 Å². The Morgan fingerprint density at radius 3 is 2.52 bits per heavy atom. The zero-order valence-corrected chi connectivity index (χ0v) is 14.0. The first-order valence-electron chi connectivity index (χ1n) is 7.78. The number of hydrogen-bond acceptors (Lipinski definition) is 5. The van der Waals surface area contributed by atoms with E-state index in [0.717, 1.165) is 39.4 Å². The van der Waals surface area contributed by atoms with Gasteiger partial charge in [-0.3, -0.25) is 4.68 Å². The van der Waals surface area contributed by atoms with Crippen LogP contribution in [0.25, 0.3) is 22.0 Å². The smallest absolute Gasteiger partial charge is 0.137 e. The van der Waals surface area contributed by atoms with Gasteiger partial charge in [0.15, 0.2) is 0 Å². The molecular weight excluding hydrogens is 337 g/mol. The van der Waals surface area contributed by atoms with E-state index < -0.39 is 0 Å². The lowest BCUT2D eigenvalue weighted by Crippen LogP contribution is -2.01. The molecule has 0 saturated heterocycles. The summed E-state index contributed by atoms with van der Waals surface area (Å²) in [4.78, 5) is 3.94. The zero-order chi connectivity index (χ0) is 17.1. The first-order valence-corrected chi connectivity index (χ1v) is 8.76. The number of rotatable bonds is 5. The molecule has 0 amide bonds. The van der Waals surface area contributed by atoms with Crippen molar-refractivity contribution in [3.05, 3.63) is 67.0 Å². The third kappa shape index (κ3) is 3.36. The van der Waals surface area contributed by atoms with Gasteiger partial charge < -0.3 is 0 Å². The average Bonchev–Trinajstić information content (AvgIpc) is 3.16. The maximum Gasteiger partial charge on any atom is 0.137 e. The van der Waals surface area contributed by atoms with Crippen LogP contribution in [0.4, 0.5) is 4.39 Å². The summed E-state index contributed by atoms with van der Waals surface area (Å²) in [5.41, 5.74) is 1.61. The second kappa shape index (κ2) is 6.98. The Morgan fingerprint density at radius 2 is 1.76 bits per heavy atom. The third-order valence-electron chi connectivity index (χ3n) is 3.80. The molecule has 0 unspecified atom stereocenters. The molecule has 0 atom stereocenters. The van der Waals surface area contributed by atoms with Gasteiger partial charge in [-0.15, -0.1) is 22.0 Å². The van der Waals surface area contributed by atoms with Gasteiger partial charge in [0.2, 0.25) is 0 Å². The average molecular weight is 351 g/mol. The number of aromatic nitrogens is 5. The molecule has 2 aromatic heterocycles. The number of hydrogen-bond donors (Lipinski definition) is 0. The highest BCUT2D eigenvalue weighted by Gasteiger charge is 2.11. The summed E-state index contributed by atoms with van der Waals surface area (Å²) in [6.07, 6.45) is 3.22. The van der Waals surface area contributed by atoms with Crippen LogP contribution >= 0.6 is 11.8 Å². The second-order valence-corrected chi connectivity index (χ2v) is 6.50. The van der Waals surface area contributed by atoms with E-state index in [-0.39, 0.29) is 5.82 Å². The number of thioether (sulfide) groups is 1. The van der Waals surface area contributed by atoms with Crippen LogP contribution < -0.4 is 0 Å². The molecule has 0 N–H and O–H groups in total. The normalized spacial score (nSPS) is 11.1. The van der Waals surface area contributed by atoms with Crippen molar-refractivity contribution >= 4 is 22.5 Å². The van der Waals surface area contributed by atoms with Gasteiger partial charge in [-0.25, -0.2) is 9.37 Å². The van der Waals surface area contributed by atoms with E-state index in [2.05, 4.69) is 20.3 Å². The molecule has 4 aromatic rings. The highest BCUT2D eigenvalue weighted by molar-refractivity contribution is 7.99. The van der Waals surface area contributed by atoms with E-state index >= 15 is 0 Å². The molecule has 4 rings (SSSR count). The molecule has 0 radical (unpaired) electrons. The summed E-state index contributed by atoms with van der Waals surface area (Å²) < 4.78 is 15.0. The maximum atomic E-state index is 13.2. The number of fused-ring (bicyclic) bond motifs is 1. The molecule has 5 nitrogen and oxygen atoms in total. The quantitative estimate of drug-likeness (QED) is 0.512. The second-order valence-electron chi connectivity index (χ2n) is 5.41. The predicted molar refractivity (Wildman–Crippen MR) is 95.7 cm³/mol. The van der Waals surface area contributed by atoms with E-state index in [1.165, 1.54) is 18.5 Å². The Labute approximate surface area is 147 Å². The van der Waals surface area contributed by atoms with Crippen LogP contribution in [0.1, 0.15) is 0 Å². The first-order chi connectivity index (χ1) is 12.3. The number of benzene rings is 2. The van der Waals surface area contributed by atoms with Crippen LogP contribution in [0.3, 0.4) is 0 Å². The Kier molecular flexibility index (Phi) is 4.39. The van der Waals surface area contributed by atoms with Crippen molar-refractivity contribution in [2.24, 2.45) is 0 Å². The first kappa shape index (κ1) is 15.7. The van der Waals surface area contributed by atoms with Gasteiger partial charge in [0.05, 0.1) is 6.54 Å². The molecule has 0 aliphatic rings. The highest BCUT2D eigenvalue weighted by Crippen LogP contribution is 2.31. The van der Waals surface area contributed by atoms with Crippen molar-refractivity contribution in [3.8, 4) is 11.3 Å². The van der Waals surface area contributed by atoms with E-state index in [0.29, 0.717) is 0 Å². The van der Waals surface area contributed by atoms with Crippen LogP contribution in [0.5, 0.6) is 0 Å². The maximum absolute atomic E-state index is 13.2. The van der Waals surface area contributed by atoms with Gasteiger partial charge in [0.25, 0.3) is 0 Å². The van der Waals surface area contributed by atoms with Crippen molar-refractivity contribution in [2.45, 2.75) is 11.6 Å². The molecule has 25 heavy (non-hydrogen) atoms. The molecule has 7 heteroatoms. The van der Waals surface area contributed by atoms with Crippen molar-refractivity contribution < 1.29 is 4.39 Å². The standard InChI is InChI=1S/C18H14FN5S/c19-14-7-5-13(6-8-14)17-15-3-1-2-4-16(15)18(23-22-17)25-10-9-24-12-20-11-21-24/h1-8,11-12H,9-10H2.